The van der Waals surface area contributed by atoms with E-state index in [1.807, 2.05) is 19.9 Å². The second-order valence-electron chi connectivity index (χ2n) is 5.04. The zero-order valence-corrected chi connectivity index (χ0v) is 13.7. The van der Waals surface area contributed by atoms with Crippen molar-refractivity contribution >= 4 is 22.6 Å². The first-order chi connectivity index (χ1) is 10.8. The highest BCUT2D eigenvalue weighted by Gasteiger charge is 2.38. The number of aliphatic imine (C=N–C) groups is 2. The third-order valence-corrected chi connectivity index (χ3v) is 4.38. The maximum atomic E-state index is 12.8. The highest BCUT2D eigenvalue weighted by molar-refractivity contribution is 8.13. The van der Waals surface area contributed by atoms with Gasteiger partial charge < -0.3 is 5.11 Å². The largest absolute Gasteiger partial charge is 0.429 e. The Bertz CT molecular complexity index is 607. The van der Waals surface area contributed by atoms with E-state index in [1.54, 1.807) is 6.20 Å². The lowest BCUT2D eigenvalue weighted by Crippen LogP contribution is -2.30. The van der Waals surface area contributed by atoms with Gasteiger partial charge in [0.1, 0.15) is 5.71 Å². The summed E-state index contributed by atoms with van der Waals surface area (Å²) in [6.07, 6.45) is -3.22. The molecule has 1 aromatic heterocycles. The minimum Gasteiger partial charge on any atom is -0.371 e. The topological polar surface area (TPSA) is 57.8 Å². The quantitative estimate of drug-likeness (QED) is 0.908. The molecule has 1 unspecified atom stereocenters. The molecular weight excluding hydrogens is 327 g/mol. The van der Waals surface area contributed by atoms with Crippen molar-refractivity contribution in [1.29, 1.82) is 0 Å². The average molecular weight is 345 g/mol. The molecule has 8 heteroatoms. The van der Waals surface area contributed by atoms with Crippen molar-refractivity contribution in [3.8, 4) is 0 Å². The Labute approximate surface area is 136 Å². The van der Waals surface area contributed by atoms with Crippen LogP contribution in [0.2, 0.25) is 0 Å². The summed E-state index contributed by atoms with van der Waals surface area (Å²) >= 11 is 1.10. The number of pyridine rings is 1. The fourth-order valence-corrected chi connectivity index (χ4v) is 3.31. The number of halogens is 3. The summed E-state index contributed by atoms with van der Waals surface area (Å²) in [5.41, 5.74) is 2.06. The highest BCUT2D eigenvalue weighted by atomic mass is 32.2. The predicted molar refractivity (Wildman–Crippen MR) is 85.8 cm³/mol. The molecule has 1 aromatic rings. The summed E-state index contributed by atoms with van der Waals surface area (Å²) in [5.74, 6) is 0.431. The molecule has 0 saturated carbocycles. The monoisotopic (exact) mass is 345 g/mol. The van der Waals surface area contributed by atoms with Crippen molar-refractivity contribution in [2.24, 2.45) is 9.98 Å². The Morgan fingerprint density at radius 2 is 2.04 bits per heavy atom. The summed E-state index contributed by atoms with van der Waals surface area (Å²) in [5, 5.41) is 9.48. The number of aliphatic hydroxyl groups excluding tert-OH is 1. The first-order valence-electron chi connectivity index (χ1n) is 7.34. The molecule has 126 valence electrons. The summed E-state index contributed by atoms with van der Waals surface area (Å²) < 4.78 is 38.3. The number of thioether (sulfide) groups is 1. The van der Waals surface area contributed by atoms with Crippen LogP contribution >= 0.6 is 11.8 Å². The van der Waals surface area contributed by atoms with Crippen molar-refractivity contribution in [2.45, 2.75) is 51.3 Å². The second-order valence-corrected chi connectivity index (χ2v) is 5.99. The van der Waals surface area contributed by atoms with Crippen LogP contribution in [0.1, 0.15) is 37.1 Å². The number of aromatic nitrogens is 1. The maximum absolute atomic E-state index is 12.8. The Morgan fingerprint density at radius 3 is 2.65 bits per heavy atom. The molecule has 0 fully saturated rings. The Kier molecular flexibility index (Phi) is 5.80. The summed E-state index contributed by atoms with van der Waals surface area (Å²) in [6.45, 7) is 4.00. The van der Waals surface area contributed by atoms with E-state index in [9.17, 15) is 18.3 Å². The average Bonchev–Trinajstić information content (AvgIpc) is 2.51. The summed E-state index contributed by atoms with van der Waals surface area (Å²) in [4.78, 5) is 11.7. The minimum absolute atomic E-state index is 0.0379. The Morgan fingerprint density at radius 1 is 1.30 bits per heavy atom. The molecule has 0 aromatic carbocycles. The first kappa shape index (κ1) is 17.9. The number of aryl methyl sites for hydroxylation is 2. The van der Waals surface area contributed by atoms with Crippen LogP contribution in [0.15, 0.2) is 22.2 Å². The molecular formula is C15H18F3N3OS. The van der Waals surface area contributed by atoms with Gasteiger partial charge in [-0.1, -0.05) is 25.6 Å². The third kappa shape index (κ3) is 4.54. The van der Waals surface area contributed by atoms with Gasteiger partial charge in [-0.15, -0.1) is 0 Å². The molecule has 0 aliphatic carbocycles. The van der Waals surface area contributed by atoms with E-state index < -0.39 is 24.5 Å². The number of nitrogens with zero attached hydrogens (tertiary/aromatic N) is 3. The first-order valence-corrected chi connectivity index (χ1v) is 8.32. The molecule has 0 bridgehead atoms. The molecule has 2 rings (SSSR count). The third-order valence-electron chi connectivity index (χ3n) is 3.50. The number of hydrogen-bond acceptors (Lipinski definition) is 5. The smallest absolute Gasteiger partial charge is 0.371 e. The normalized spacial score (nSPS) is 18.6. The molecule has 1 atom stereocenters. The lowest BCUT2D eigenvalue weighted by atomic mass is 10.0. The van der Waals surface area contributed by atoms with Crippen molar-refractivity contribution in [3.05, 3.63) is 29.1 Å². The van der Waals surface area contributed by atoms with Gasteiger partial charge >= 0.3 is 6.18 Å². The van der Waals surface area contributed by atoms with Crippen molar-refractivity contribution in [1.82, 2.24) is 4.98 Å². The fraction of sp³-hybridized carbons (Fsp3) is 0.533. The molecule has 0 amide bonds. The molecule has 0 radical (unpaired) electrons. The Hall–Kier alpha value is -1.41. The van der Waals surface area contributed by atoms with Gasteiger partial charge in [-0.25, -0.2) is 9.98 Å². The molecule has 1 N–H and O–H groups in total. The summed E-state index contributed by atoms with van der Waals surface area (Å²) in [7, 11) is 0. The highest BCUT2D eigenvalue weighted by Crippen LogP contribution is 2.28. The molecule has 1 aliphatic rings. The van der Waals surface area contributed by atoms with Crippen LogP contribution in [-0.4, -0.2) is 33.4 Å². The molecule has 4 nitrogen and oxygen atoms in total. The minimum atomic E-state index is -4.54. The molecule has 0 saturated heterocycles. The SMILES string of the molecule is CCc1ccnc(CC)c1CSC1=NC(O)CC(C(F)(F)F)=N1. The lowest BCUT2D eigenvalue weighted by Gasteiger charge is -2.18. The van der Waals surface area contributed by atoms with Gasteiger partial charge in [0.15, 0.2) is 11.4 Å². The zero-order valence-electron chi connectivity index (χ0n) is 12.9. The lowest BCUT2D eigenvalue weighted by molar-refractivity contribution is -0.0622. The fourth-order valence-electron chi connectivity index (χ4n) is 2.31. The van der Waals surface area contributed by atoms with Gasteiger partial charge in [-0.3, -0.25) is 4.98 Å². The van der Waals surface area contributed by atoms with Gasteiger partial charge in [0.05, 0.1) is 0 Å². The molecule has 1 aliphatic heterocycles. The van der Waals surface area contributed by atoms with E-state index in [0.717, 1.165) is 41.4 Å². The van der Waals surface area contributed by atoms with Crippen LogP contribution in [0.25, 0.3) is 0 Å². The van der Waals surface area contributed by atoms with Crippen molar-refractivity contribution in [2.75, 3.05) is 0 Å². The van der Waals surface area contributed by atoms with Gasteiger partial charge in [0, 0.05) is 24.1 Å². The number of alkyl halides is 3. The van der Waals surface area contributed by atoms with Crippen LogP contribution in [0.4, 0.5) is 13.2 Å². The van der Waals surface area contributed by atoms with E-state index in [0.29, 0.717) is 5.75 Å². The Balaban J connectivity index is 2.19. The van der Waals surface area contributed by atoms with Crippen LogP contribution in [0.5, 0.6) is 0 Å². The number of aliphatic hydroxyl groups is 1. The molecule has 2 heterocycles. The standard InChI is InChI=1S/C15H18F3N3OS/c1-3-9-5-6-19-11(4-2)10(9)8-23-14-20-12(15(16,17)18)7-13(22)21-14/h5-6,13,22H,3-4,7-8H2,1-2H3. The second kappa shape index (κ2) is 7.44. The van der Waals surface area contributed by atoms with Crippen LogP contribution < -0.4 is 0 Å². The predicted octanol–water partition coefficient (Wildman–Crippen LogP) is 3.52. The van der Waals surface area contributed by atoms with E-state index in [4.69, 9.17) is 0 Å². The molecule has 23 heavy (non-hydrogen) atoms. The number of rotatable bonds is 4. The van der Waals surface area contributed by atoms with Gasteiger partial charge in [-0.2, -0.15) is 13.2 Å². The van der Waals surface area contributed by atoms with Crippen LogP contribution in [-0.2, 0) is 18.6 Å². The van der Waals surface area contributed by atoms with E-state index >= 15 is 0 Å². The van der Waals surface area contributed by atoms with E-state index in [1.165, 1.54) is 0 Å². The molecule has 0 spiro atoms. The van der Waals surface area contributed by atoms with Gasteiger partial charge in [-0.05, 0) is 30.0 Å². The van der Waals surface area contributed by atoms with Gasteiger partial charge in [0.2, 0.25) is 0 Å². The van der Waals surface area contributed by atoms with E-state index in [2.05, 4.69) is 15.0 Å². The number of hydrogen-bond donors (Lipinski definition) is 1. The van der Waals surface area contributed by atoms with E-state index in [-0.39, 0.29) is 5.17 Å². The van der Waals surface area contributed by atoms with Crippen molar-refractivity contribution in [3.63, 3.8) is 0 Å². The summed E-state index contributed by atoms with van der Waals surface area (Å²) in [6, 6.07) is 1.91. The van der Waals surface area contributed by atoms with Crippen LogP contribution in [0, 0.1) is 0 Å². The van der Waals surface area contributed by atoms with Crippen molar-refractivity contribution < 1.29 is 18.3 Å². The maximum Gasteiger partial charge on any atom is 0.429 e. The van der Waals surface area contributed by atoms with Crippen LogP contribution in [0.3, 0.4) is 0 Å². The zero-order chi connectivity index (χ0) is 17.0. The number of amidine groups is 1. The van der Waals surface area contributed by atoms with Gasteiger partial charge in [0.25, 0.3) is 0 Å².